The van der Waals surface area contributed by atoms with Gasteiger partial charge in [0.2, 0.25) is 5.75 Å². The fourth-order valence-electron chi connectivity index (χ4n) is 5.11. The first kappa shape index (κ1) is 23.3. The minimum atomic E-state index is -0.586. The molecule has 3 atom stereocenters. The number of hydrogen-bond acceptors (Lipinski definition) is 8. The molecular weight excluding hydrogens is 426 g/mol. The molecule has 1 aromatic rings. The van der Waals surface area contributed by atoms with Gasteiger partial charge < -0.3 is 23.7 Å². The van der Waals surface area contributed by atoms with Crippen molar-refractivity contribution in [2.45, 2.75) is 51.0 Å². The number of carbonyl (C=O) groups is 2. The van der Waals surface area contributed by atoms with Gasteiger partial charge in [0.05, 0.1) is 38.9 Å². The molecule has 0 spiro atoms. The number of rotatable bonds is 7. The third-order valence-electron chi connectivity index (χ3n) is 6.62. The Morgan fingerprint density at radius 2 is 1.85 bits per heavy atom. The van der Waals surface area contributed by atoms with Gasteiger partial charge in [0, 0.05) is 35.9 Å². The Balaban J connectivity index is 1.80. The third kappa shape index (κ3) is 4.36. The van der Waals surface area contributed by atoms with Crippen LogP contribution in [0, 0.1) is 5.92 Å². The zero-order valence-corrected chi connectivity index (χ0v) is 19.6. The van der Waals surface area contributed by atoms with Gasteiger partial charge in [-0.3, -0.25) is 9.79 Å². The average Bonchev–Trinajstić information content (AvgIpc) is 3.34. The van der Waals surface area contributed by atoms with E-state index in [2.05, 4.69) is 0 Å². The molecule has 1 aromatic carbocycles. The molecule has 0 unspecified atom stereocenters. The van der Waals surface area contributed by atoms with Gasteiger partial charge in [-0.05, 0) is 38.7 Å². The largest absolute Gasteiger partial charge is 0.493 e. The molecule has 0 bridgehead atoms. The van der Waals surface area contributed by atoms with Gasteiger partial charge in [-0.1, -0.05) is 6.07 Å². The van der Waals surface area contributed by atoms with E-state index in [4.69, 9.17) is 28.7 Å². The van der Waals surface area contributed by atoms with Crippen LogP contribution < -0.4 is 14.2 Å². The number of benzene rings is 1. The Hall–Kier alpha value is -2.87. The molecule has 2 fully saturated rings. The van der Waals surface area contributed by atoms with Crippen LogP contribution in [0.15, 0.2) is 28.4 Å². The summed E-state index contributed by atoms with van der Waals surface area (Å²) in [5.74, 6) is -0.198. The topological polar surface area (TPSA) is 92.7 Å². The lowest BCUT2D eigenvalue weighted by molar-refractivity contribution is -0.142. The normalized spacial score (nSPS) is 24.8. The van der Waals surface area contributed by atoms with Crippen molar-refractivity contribution in [2.24, 2.45) is 10.9 Å². The lowest BCUT2D eigenvalue weighted by Gasteiger charge is -2.36. The van der Waals surface area contributed by atoms with Gasteiger partial charge in [0.1, 0.15) is 12.4 Å². The van der Waals surface area contributed by atoms with Crippen LogP contribution in [0.4, 0.5) is 0 Å². The van der Waals surface area contributed by atoms with Crippen LogP contribution in [0.25, 0.3) is 0 Å². The molecule has 1 saturated carbocycles. The minimum absolute atomic E-state index is 0.0683. The molecule has 178 valence electrons. The lowest BCUT2D eigenvalue weighted by atomic mass is 9.69. The van der Waals surface area contributed by atoms with E-state index in [1.807, 2.05) is 6.07 Å². The van der Waals surface area contributed by atoms with Gasteiger partial charge in [0.15, 0.2) is 11.5 Å². The maximum absolute atomic E-state index is 13.4. The van der Waals surface area contributed by atoms with E-state index in [1.54, 1.807) is 20.1 Å². The summed E-state index contributed by atoms with van der Waals surface area (Å²) in [7, 11) is 4.61. The summed E-state index contributed by atoms with van der Waals surface area (Å²) in [5.41, 5.74) is 2.42. The van der Waals surface area contributed by atoms with Gasteiger partial charge in [-0.25, -0.2) is 4.79 Å². The van der Waals surface area contributed by atoms with Gasteiger partial charge in [-0.15, -0.1) is 0 Å². The summed E-state index contributed by atoms with van der Waals surface area (Å²) >= 11 is 0. The van der Waals surface area contributed by atoms with E-state index >= 15 is 0 Å². The Kier molecular flexibility index (Phi) is 7.02. The molecule has 0 aromatic heterocycles. The number of methoxy groups -OCH3 is 3. The number of Topliss-reactive ketones (excluding diaryl/α,β-unsaturated/α-hetero) is 1. The number of nitrogens with zero attached hydrogens (tertiary/aromatic N) is 1. The van der Waals surface area contributed by atoms with Crippen molar-refractivity contribution >= 4 is 17.5 Å². The fourth-order valence-corrected chi connectivity index (χ4v) is 5.11. The Morgan fingerprint density at radius 1 is 1.06 bits per heavy atom. The maximum Gasteiger partial charge on any atom is 0.336 e. The molecule has 2 heterocycles. The highest BCUT2D eigenvalue weighted by Gasteiger charge is 2.45. The molecule has 33 heavy (non-hydrogen) atoms. The zero-order chi connectivity index (χ0) is 23.5. The summed E-state index contributed by atoms with van der Waals surface area (Å²) < 4.78 is 28.0. The Labute approximate surface area is 193 Å². The molecular formula is C25H31NO7. The van der Waals surface area contributed by atoms with Crippen molar-refractivity contribution in [3.8, 4) is 17.2 Å². The smallest absolute Gasteiger partial charge is 0.336 e. The lowest BCUT2D eigenvalue weighted by Crippen LogP contribution is -2.39. The van der Waals surface area contributed by atoms with E-state index < -0.39 is 17.8 Å². The highest BCUT2D eigenvalue weighted by atomic mass is 16.6. The number of ether oxygens (including phenoxy) is 5. The van der Waals surface area contributed by atoms with E-state index in [0.717, 1.165) is 31.4 Å². The molecule has 1 aliphatic carbocycles. The van der Waals surface area contributed by atoms with Crippen molar-refractivity contribution < 1.29 is 33.3 Å². The van der Waals surface area contributed by atoms with Gasteiger partial charge in [-0.2, -0.15) is 0 Å². The standard InChI is InChI=1S/C25H31NO7/c1-14-20(25(28)33-13-15-7-6-12-32-15)21(22-17(26-14)8-5-9-18(22)27)16-10-11-19(29-2)24(31-4)23(16)30-3/h10-11,15,21-22H,5-9,12-13H2,1-4H3/t15-,21-,22-/m0/s1. The SMILES string of the molecule is COc1ccc([C@H]2C(C(=O)OC[C@@H]3CCCO3)=C(C)N=C3CCCC(=O)[C@H]32)c(OC)c1OC. The summed E-state index contributed by atoms with van der Waals surface area (Å²) in [6.07, 6.45) is 3.66. The first-order valence-electron chi connectivity index (χ1n) is 11.4. The van der Waals surface area contributed by atoms with Crippen LogP contribution in [-0.2, 0) is 19.1 Å². The van der Waals surface area contributed by atoms with Crippen LogP contribution in [0.2, 0.25) is 0 Å². The van der Waals surface area contributed by atoms with E-state index in [-0.39, 0.29) is 18.5 Å². The van der Waals surface area contributed by atoms with Crippen LogP contribution in [0.1, 0.15) is 50.5 Å². The molecule has 0 radical (unpaired) electrons. The average molecular weight is 458 g/mol. The number of ketones is 1. The highest BCUT2D eigenvalue weighted by molar-refractivity contribution is 6.11. The number of aliphatic imine (C=N–C) groups is 1. The quantitative estimate of drug-likeness (QED) is 0.578. The highest BCUT2D eigenvalue weighted by Crippen LogP contribution is 2.50. The second-order valence-corrected chi connectivity index (χ2v) is 8.53. The molecule has 4 rings (SSSR count). The van der Waals surface area contributed by atoms with E-state index in [1.165, 1.54) is 14.2 Å². The predicted molar refractivity (Wildman–Crippen MR) is 121 cm³/mol. The number of esters is 1. The number of allylic oxidation sites excluding steroid dienone is 1. The minimum Gasteiger partial charge on any atom is -0.493 e. The van der Waals surface area contributed by atoms with Crippen LogP contribution >= 0.6 is 0 Å². The maximum atomic E-state index is 13.4. The van der Waals surface area contributed by atoms with Crippen molar-refractivity contribution in [2.75, 3.05) is 34.5 Å². The Bertz CT molecular complexity index is 991. The number of carbonyl (C=O) groups excluding carboxylic acids is 2. The molecule has 3 aliphatic rings. The fraction of sp³-hybridized carbons (Fsp3) is 0.560. The number of fused-ring (bicyclic) bond motifs is 1. The first-order chi connectivity index (χ1) is 16.0. The second-order valence-electron chi connectivity index (χ2n) is 8.53. The summed E-state index contributed by atoms with van der Waals surface area (Å²) in [6.45, 7) is 2.66. The van der Waals surface area contributed by atoms with Crippen LogP contribution in [-0.4, -0.2) is 58.1 Å². The Morgan fingerprint density at radius 3 is 2.52 bits per heavy atom. The van der Waals surface area contributed by atoms with Crippen LogP contribution in [0.3, 0.4) is 0 Å². The van der Waals surface area contributed by atoms with E-state index in [9.17, 15) is 9.59 Å². The summed E-state index contributed by atoms with van der Waals surface area (Å²) in [6, 6.07) is 3.59. The molecule has 0 amide bonds. The van der Waals surface area contributed by atoms with Crippen molar-refractivity contribution in [3.63, 3.8) is 0 Å². The monoisotopic (exact) mass is 457 g/mol. The van der Waals surface area contributed by atoms with Crippen molar-refractivity contribution in [1.29, 1.82) is 0 Å². The second kappa shape index (κ2) is 9.95. The van der Waals surface area contributed by atoms with Gasteiger partial charge in [0.25, 0.3) is 0 Å². The molecule has 1 saturated heterocycles. The van der Waals surface area contributed by atoms with Crippen molar-refractivity contribution in [1.82, 2.24) is 0 Å². The van der Waals surface area contributed by atoms with Crippen LogP contribution in [0.5, 0.6) is 17.2 Å². The molecule has 8 nitrogen and oxygen atoms in total. The third-order valence-corrected chi connectivity index (χ3v) is 6.62. The summed E-state index contributed by atoms with van der Waals surface area (Å²) in [4.78, 5) is 31.2. The summed E-state index contributed by atoms with van der Waals surface area (Å²) in [5, 5.41) is 0. The zero-order valence-electron chi connectivity index (χ0n) is 19.6. The first-order valence-corrected chi connectivity index (χ1v) is 11.4. The van der Waals surface area contributed by atoms with Gasteiger partial charge >= 0.3 is 5.97 Å². The molecule has 8 heteroatoms. The van der Waals surface area contributed by atoms with Crippen molar-refractivity contribution in [3.05, 3.63) is 29.0 Å². The molecule has 0 N–H and O–H groups in total. The molecule has 2 aliphatic heterocycles. The number of hydrogen-bond donors (Lipinski definition) is 0. The predicted octanol–water partition coefficient (Wildman–Crippen LogP) is 3.62. The van der Waals surface area contributed by atoms with E-state index in [0.29, 0.717) is 47.1 Å².